The summed E-state index contributed by atoms with van der Waals surface area (Å²) < 4.78 is 5.42. The van der Waals surface area contributed by atoms with Crippen LogP contribution in [-0.2, 0) is 9.53 Å². The van der Waals surface area contributed by atoms with Gasteiger partial charge in [0.1, 0.15) is 12.1 Å². The number of aromatic nitrogens is 4. The van der Waals surface area contributed by atoms with Crippen molar-refractivity contribution in [3.8, 4) is 11.3 Å². The second-order valence-corrected chi connectivity index (χ2v) is 8.11. The molecule has 0 aliphatic carbocycles. The van der Waals surface area contributed by atoms with Crippen LogP contribution in [0.2, 0.25) is 0 Å². The fourth-order valence-corrected chi connectivity index (χ4v) is 3.78. The van der Waals surface area contributed by atoms with Crippen LogP contribution in [0, 0.1) is 0 Å². The van der Waals surface area contributed by atoms with E-state index in [1.807, 2.05) is 42.5 Å². The molecular formula is C26H26N8O2. The highest BCUT2D eigenvalue weighted by atomic mass is 16.5. The van der Waals surface area contributed by atoms with E-state index >= 15 is 0 Å². The lowest BCUT2D eigenvalue weighted by Crippen LogP contribution is -2.36. The van der Waals surface area contributed by atoms with Crippen molar-refractivity contribution in [2.45, 2.75) is 0 Å². The highest BCUT2D eigenvalue weighted by Crippen LogP contribution is 2.23. The Kier molecular flexibility index (Phi) is 7.24. The summed E-state index contributed by atoms with van der Waals surface area (Å²) >= 11 is 0. The molecule has 10 heteroatoms. The molecule has 0 atom stereocenters. The predicted octanol–water partition coefficient (Wildman–Crippen LogP) is 3.56. The standard InChI is InChI=1S/C26H26N8O2/c35-25(17-29-24-10-11-27-18-30-24)31-20-3-1-19(2-4-20)23-9-12-28-26(33-23)32-21-5-7-22(8-6-21)34-13-15-36-16-14-34/h1-12,18H,13-17H2,(H,31,35)(H,27,29,30)(H,28,32,33). The Morgan fingerprint density at radius 1 is 0.889 bits per heavy atom. The van der Waals surface area contributed by atoms with Gasteiger partial charge in [-0.25, -0.2) is 19.9 Å². The molecule has 1 amide bonds. The van der Waals surface area contributed by atoms with Crippen LogP contribution in [0.1, 0.15) is 0 Å². The first-order chi connectivity index (χ1) is 17.7. The van der Waals surface area contributed by atoms with E-state index in [0.717, 1.165) is 43.2 Å². The molecule has 4 aromatic rings. The Hall–Kier alpha value is -4.57. The second kappa shape index (κ2) is 11.2. The second-order valence-electron chi connectivity index (χ2n) is 8.11. The first-order valence-electron chi connectivity index (χ1n) is 11.7. The summed E-state index contributed by atoms with van der Waals surface area (Å²) in [6.45, 7) is 3.43. The fourth-order valence-electron chi connectivity index (χ4n) is 3.78. The fraction of sp³-hybridized carbons (Fsp3) is 0.192. The molecule has 3 heterocycles. The van der Waals surface area contributed by atoms with Crippen LogP contribution in [0.3, 0.4) is 0 Å². The molecule has 36 heavy (non-hydrogen) atoms. The monoisotopic (exact) mass is 482 g/mol. The lowest BCUT2D eigenvalue weighted by atomic mass is 10.1. The summed E-state index contributed by atoms with van der Waals surface area (Å²) in [6.07, 6.45) is 4.76. The molecule has 0 unspecified atom stereocenters. The quantitative estimate of drug-likeness (QED) is 0.346. The molecule has 2 aromatic carbocycles. The highest BCUT2D eigenvalue weighted by Gasteiger charge is 2.11. The highest BCUT2D eigenvalue weighted by molar-refractivity contribution is 5.93. The third kappa shape index (κ3) is 6.10. The lowest BCUT2D eigenvalue weighted by molar-refractivity contribution is -0.114. The van der Waals surface area contributed by atoms with Gasteiger partial charge in [-0.05, 0) is 48.5 Å². The zero-order valence-electron chi connectivity index (χ0n) is 19.6. The number of carbonyl (C=O) groups is 1. The Morgan fingerprint density at radius 3 is 2.42 bits per heavy atom. The minimum absolute atomic E-state index is 0.104. The van der Waals surface area contributed by atoms with E-state index in [0.29, 0.717) is 17.5 Å². The van der Waals surface area contributed by atoms with Crippen LogP contribution in [0.5, 0.6) is 0 Å². The SMILES string of the molecule is O=C(CNc1ccncn1)Nc1ccc(-c2ccnc(Nc3ccc(N4CCOCC4)cc3)n2)cc1. The maximum atomic E-state index is 12.2. The van der Waals surface area contributed by atoms with Crippen molar-refractivity contribution in [2.75, 3.05) is 53.7 Å². The first kappa shape index (κ1) is 23.2. The van der Waals surface area contributed by atoms with E-state index in [1.165, 1.54) is 12.0 Å². The van der Waals surface area contributed by atoms with E-state index in [1.54, 1.807) is 18.5 Å². The van der Waals surface area contributed by atoms with E-state index < -0.39 is 0 Å². The minimum atomic E-state index is -0.172. The van der Waals surface area contributed by atoms with Crippen molar-refractivity contribution in [3.05, 3.63) is 79.4 Å². The molecule has 1 fully saturated rings. The molecule has 10 nitrogen and oxygen atoms in total. The molecule has 1 saturated heterocycles. The summed E-state index contributed by atoms with van der Waals surface area (Å²) in [7, 11) is 0. The van der Waals surface area contributed by atoms with Gasteiger partial charge in [-0.15, -0.1) is 0 Å². The summed E-state index contributed by atoms with van der Waals surface area (Å²) in [4.78, 5) is 31.4. The normalized spacial score (nSPS) is 13.2. The third-order valence-corrected chi connectivity index (χ3v) is 5.63. The number of nitrogens with one attached hydrogen (secondary N) is 3. The van der Waals surface area contributed by atoms with Gasteiger partial charge in [-0.1, -0.05) is 12.1 Å². The van der Waals surface area contributed by atoms with Gasteiger partial charge in [0.15, 0.2) is 0 Å². The van der Waals surface area contributed by atoms with Crippen molar-refractivity contribution in [1.29, 1.82) is 0 Å². The van der Waals surface area contributed by atoms with Crippen LogP contribution in [-0.4, -0.2) is 58.7 Å². The van der Waals surface area contributed by atoms with Crippen LogP contribution in [0.4, 0.5) is 28.8 Å². The van der Waals surface area contributed by atoms with E-state index in [2.05, 4.69) is 52.9 Å². The van der Waals surface area contributed by atoms with Gasteiger partial charge < -0.3 is 25.6 Å². The Labute approximate surface area is 208 Å². The maximum absolute atomic E-state index is 12.2. The molecule has 0 spiro atoms. The summed E-state index contributed by atoms with van der Waals surface area (Å²) in [5.74, 6) is 0.936. The van der Waals surface area contributed by atoms with Crippen molar-refractivity contribution in [2.24, 2.45) is 0 Å². The van der Waals surface area contributed by atoms with E-state index in [4.69, 9.17) is 4.74 Å². The molecule has 0 bridgehead atoms. The number of anilines is 5. The molecule has 0 radical (unpaired) electrons. The van der Waals surface area contributed by atoms with Crippen molar-refractivity contribution in [1.82, 2.24) is 19.9 Å². The Bertz CT molecular complexity index is 1280. The number of carbonyl (C=O) groups excluding carboxylic acids is 1. The average Bonchev–Trinajstić information content (AvgIpc) is 2.94. The zero-order chi connectivity index (χ0) is 24.6. The van der Waals surface area contributed by atoms with Crippen molar-refractivity contribution >= 4 is 34.7 Å². The number of amides is 1. The first-order valence-corrected chi connectivity index (χ1v) is 11.7. The molecule has 1 aliphatic rings. The number of morpholine rings is 1. The molecule has 2 aromatic heterocycles. The Morgan fingerprint density at radius 2 is 1.67 bits per heavy atom. The number of benzene rings is 2. The van der Waals surface area contributed by atoms with Gasteiger partial charge in [0.25, 0.3) is 0 Å². The molecular weight excluding hydrogens is 456 g/mol. The zero-order valence-corrected chi connectivity index (χ0v) is 19.6. The van der Waals surface area contributed by atoms with Crippen LogP contribution in [0.25, 0.3) is 11.3 Å². The van der Waals surface area contributed by atoms with Gasteiger partial charge >= 0.3 is 0 Å². The number of hydrogen-bond donors (Lipinski definition) is 3. The minimum Gasteiger partial charge on any atom is -0.378 e. The molecule has 3 N–H and O–H groups in total. The summed E-state index contributed by atoms with van der Waals surface area (Å²) in [6, 6.07) is 19.3. The van der Waals surface area contributed by atoms with E-state index in [9.17, 15) is 4.79 Å². The largest absolute Gasteiger partial charge is 0.378 e. The van der Waals surface area contributed by atoms with Gasteiger partial charge in [0.05, 0.1) is 25.5 Å². The molecule has 182 valence electrons. The average molecular weight is 483 g/mol. The van der Waals surface area contributed by atoms with Crippen LogP contribution < -0.4 is 20.9 Å². The van der Waals surface area contributed by atoms with E-state index in [-0.39, 0.29) is 12.5 Å². The number of hydrogen-bond acceptors (Lipinski definition) is 9. The van der Waals surface area contributed by atoms with Gasteiger partial charge in [0.2, 0.25) is 11.9 Å². The summed E-state index contributed by atoms with van der Waals surface area (Å²) in [5.41, 5.74) is 4.48. The molecule has 5 rings (SSSR count). The summed E-state index contributed by atoms with van der Waals surface area (Å²) in [5, 5.41) is 9.09. The number of nitrogens with zero attached hydrogens (tertiary/aromatic N) is 5. The number of ether oxygens (including phenoxy) is 1. The van der Waals surface area contributed by atoms with Crippen molar-refractivity contribution < 1.29 is 9.53 Å². The van der Waals surface area contributed by atoms with Crippen molar-refractivity contribution in [3.63, 3.8) is 0 Å². The van der Waals surface area contributed by atoms with Crippen LogP contribution in [0.15, 0.2) is 79.4 Å². The number of rotatable bonds is 8. The van der Waals surface area contributed by atoms with Gasteiger partial charge in [-0.3, -0.25) is 4.79 Å². The Balaban J connectivity index is 1.18. The van der Waals surface area contributed by atoms with Gasteiger partial charge in [0, 0.05) is 48.1 Å². The van der Waals surface area contributed by atoms with Crippen LogP contribution >= 0.6 is 0 Å². The van der Waals surface area contributed by atoms with Gasteiger partial charge in [-0.2, -0.15) is 0 Å². The lowest BCUT2D eigenvalue weighted by Gasteiger charge is -2.28. The molecule has 1 aliphatic heterocycles. The maximum Gasteiger partial charge on any atom is 0.243 e. The topological polar surface area (TPSA) is 117 Å². The third-order valence-electron chi connectivity index (χ3n) is 5.63. The molecule has 0 saturated carbocycles. The predicted molar refractivity (Wildman–Crippen MR) is 139 cm³/mol. The smallest absolute Gasteiger partial charge is 0.243 e.